The zero-order chi connectivity index (χ0) is 17.2. The lowest BCUT2D eigenvalue weighted by molar-refractivity contribution is -0.137. The molecular weight excluding hydrogens is 333 g/mol. The highest BCUT2D eigenvalue weighted by atomic mass is 35.5. The van der Waals surface area contributed by atoms with E-state index in [1.807, 2.05) is 27.7 Å². The van der Waals surface area contributed by atoms with Crippen molar-refractivity contribution in [2.75, 3.05) is 0 Å². The second-order valence-corrected chi connectivity index (χ2v) is 4.70. The van der Waals surface area contributed by atoms with Gasteiger partial charge in [-0.3, -0.25) is 0 Å². The lowest BCUT2D eigenvalue weighted by atomic mass is 10.2. The molecule has 122 valence electrons. The van der Waals surface area contributed by atoms with Gasteiger partial charge in [0.25, 0.3) is 0 Å². The van der Waals surface area contributed by atoms with Crippen LogP contribution in [-0.4, -0.2) is 9.97 Å². The molecule has 0 aliphatic carbocycles. The summed E-state index contributed by atoms with van der Waals surface area (Å²) in [7, 11) is 0. The Morgan fingerprint density at radius 2 is 1.41 bits per heavy atom. The Bertz CT molecular complexity index is 545. The first-order valence-electron chi connectivity index (χ1n) is 6.78. The lowest BCUT2D eigenvalue weighted by Gasteiger charge is -2.07. The Labute approximate surface area is 138 Å². The fourth-order valence-corrected chi connectivity index (χ4v) is 2.17. The third-order valence-corrected chi connectivity index (χ3v) is 3.41. The van der Waals surface area contributed by atoms with E-state index in [0.717, 1.165) is 23.9 Å². The zero-order valence-corrected chi connectivity index (χ0v) is 14.4. The minimum atomic E-state index is -4.33. The Morgan fingerprint density at radius 3 is 1.86 bits per heavy atom. The molecule has 7 heteroatoms. The first-order chi connectivity index (χ1) is 10.5. The van der Waals surface area contributed by atoms with E-state index in [1.54, 1.807) is 0 Å². The highest BCUT2D eigenvalue weighted by Crippen LogP contribution is 2.33. The first kappa shape index (κ1) is 20.7. The Morgan fingerprint density at radius 1 is 0.909 bits per heavy atom. The summed E-state index contributed by atoms with van der Waals surface area (Å²) in [6, 6.07) is 4.79. The fraction of sp³-hybridized carbons (Fsp3) is 0.333. The van der Waals surface area contributed by atoms with Crippen molar-refractivity contribution in [1.82, 2.24) is 9.97 Å². The summed E-state index contributed by atoms with van der Waals surface area (Å²) >= 11 is 6.96. The normalized spacial score (nSPS) is 10.0. The highest BCUT2D eigenvalue weighted by molar-refractivity contribution is 7.99. The molecule has 0 radical (unpaired) electrons. The van der Waals surface area contributed by atoms with Gasteiger partial charge < -0.3 is 0 Å². The van der Waals surface area contributed by atoms with Crippen LogP contribution in [0, 0.1) is 0 Å². The van der Waals surface area contributed by atoms with Crippen LogP contribution < -0.4 is 0 Å². The van der Waals surface area contributed by atoms with E-state index in [0.29, 0.717) is 9.92 Å². The standard InChI is InChI=1S/C11H6ClF3N2S.2C2H6/c12-9-10(17-6-5-16-9)18-8-3-1-7(2-4-8)11(13,14)15;2*1-2/h1-6H;2*1-2H3. The molecule has 0 saturated heterocycles. The van der Waals surface area contributed by atoms with Crippen molar-refractivity contribution in [2.24, 2.45) is 0 Å². The van der Waals surface area contributed by atoms with Crippen LogP contribution in [0.5, 0.6) is 0 Å². The molecule has 1 aromatic heterocycles. The first-order valence-corrected chi connectivity index (χ1v) is 7.98. The van der Waals surface area contributed by atoms with Gasteiger partial charge in [0, 0.05) is 17.3 Å². The number of alkyl halides is 3. The maximum atomic E-state index is 12.4. The number of aromatic nitrogens is 2. The molecule has 0 atom stereocenters. The highest BCUT2D eigenvalue weighted by Gasteiger charge is 2.29. The van der Waals surface area contributed by atoms with Crippen LogP contribution in [0.4, 0.5) is 13.2 Å². The molecule has 1 heterocycles. The minimum absolute atomic E-state index is 0.224. The molecule has 0 spiro atoms. The maximum Gasteiger partial charge on any atom is 0.416 e. The largest absolute Gasteiger partial charge is 0.416 e. The van der Waals surface area contributed by atoms with Crippen LogP contribution >= 0.6 is 23.4 Å². The molecule has 0 unspecified atom stereocenters. The molecule has 0 amide bonds. The SMILES string of the molecule is CC.CC.FC(F)(F)c1ccc(Sc2nccnc2Cl)cc1. The van der Waals surface area contributed by atoms with Crippen LogP contribution in [0.3, 0.4) is 0 Å². The molecule has 2 rings (SSSR count). The molecule has 0 saturated carbocycles. The van der Waals surface area contributed by atoms with Crippen LogP contribution in [-0.2, 0) is 6.18 Å². The van der Waals surface area contributed by atoms with Gasteiger partial charge in [-0.25, -0.2) is 9.97 Å². The zero-order valence-electron chi connectivity index (χ0n) is 12.8. The Hall–Kier alpha value is -1.27. The van der Waals surface area contributed by atoms with Gasteiger partial charge in [0.1, 0.15) is 5.03 Å². The number of rotatable bonds is 2. The topological polar surface area (TPSA) is 25.8 Å². The number of hydrogen-bond donors (Lipinski definition) is 0. The molecule has 0 N–H and O–H groups in total. The van der Waals surface area contributed by atoms with Gasteiger partial charge in [-0.2, -0.15) is 13.2 Å². The third-order valence-electron chi connectivity index (χ3n) is 2.02. The molecule has 0 aliphatic rings. The number of nitrogens with zero attached hydrogens (tertiary/aromatic N) is 2. The van der Waals surface area contributed by atoms with Crippen molar-refractivity contribution in [1.29, 1.82) is 0 Å². The number of benzene rings is 1. The summed E-state index contributed by atoms with van der Waals surface area (Å²) in [4.78, 5) is 8.44. The van der Waals surface area contributed by atoms with E-state index < -0.39 is 11.7 Å². The maximum absolute atomic E-state index is 12.4. The van der Waals surface area contributed by atoms with Crippen LogP contribution in [0.1, 0.15) is 33.3 Å². The van der Waals surface area contributed by atoms with Crippen LogP contribution in [0.25, 0.3) is 0 Å². The van der Waals surface area contributed by atoms with Gasteiger partial charge in [0.2, 0.25) is 0 Å². The smallest absolute Gasteiger partial charge is 0.245 e. The van der Waals surface area contributed by atoms with Crippen molar-refractivity contribution in [3.05, 3.63) is 47.4 Å². The Balaban J connectivity index is 0.00000102. The van der Waals surface area contributed by atoms with Crippen molar-refractivity contribution in [2.45, 2.75) is 43.8 Å². The van der Waals surface area contributed by atoms with Gasteiger partial charge in [0.05, 0.1) is 5.56 Å². The average Bonchev–Trinajstić information content (AvgIpc) is 2.53. The molecule has 2 aromatic rings. The monoisotopic (exact) mass is 350 g/mol. The van der Waals surface area contributed by atoms with Crippen LogP contribution in [0.2, 0.25) is 5.15 Å². The van der Waals surface area contributed by atoms with Gasteiger partial charge in [-0.15, -0.1) is 0 Å². The molecule has 0 aliphatic heterocycles. The van der Waals surface area contributed by atoms with Crippen molar-refractivity contribution < 1.29 is 13.2 Å². The molecule has 2 nitrogen and oxygen atoms in total. The van der Waals surface area contributed by atoms with Crippen LogP contribution in [0.15, 0.2) is 46.6 Å². The van der Waals surface area contributed by atoms with E-state index in [-0.39, 0.29) is 5.15 Å². The fourth-order valence-electron chi connectivity index (χ4n) is 1.20. The van der Waals surface area contributed by atoms with E-state index in [9.17, 15) is 13.2 Å². The Kier molecular flexibility index (Phi) is 9.85. The summed E-state index contributed by atoms with van der Waals surface area (Å²) in [5.74, 6) is 0. The second-order valence-electron chi connectivity index (χ2n) is 3.28. The number of halogens is 4. The minimum Gasteiger partial charge on any atom is -0.245 e. The van der Waals surface area contributed by atoms with E-state index >= 15 is 0 Å². The molecule has 0 fully saturated rings. The van der Waals surface area contributed by atoms with Crippen molar-refractivity contribution in [3.8, 4) is 0 Å². The summed E-state index contributed by atoms with van der Waals surface area (Å²) in [5, 5.41) is 0.682. The van der Waals surface area contributed by atoms with E-state index in [1.165, 1.54) is 24.5 Å². The van der Waals surface area contributed by atoms with Crippen molar-refractivity contribution in [3.63, 3.8) is 0 Å². The molecular formula is C15H18ClF3N2S. The van der Waals surface area contributed by atoms with Crippen molar-refractivity contribution >= 4 is 23.4 Å². The molecule has 1 aromatic carbocycles. The third kappa shape index (κ3) is 6.66. The quantitative estimate of drug-likeness (QED) is 0.630. The van der Waals surface area contributed by atoms with Gasteiger partial charge in [-0.05, 0) is 24.3 Å². The molecule has 22 heavy (non-hydrogen) atoms. The molecule has 0 bridgehead atoms. The average molecular weight is 351 g/mol. The van der Waals surface area contributed by atoms with Gasteiger partial charge >= 0.3 is 6.18 Å². The summed E-state index contributed by atoms with van der Waals surface area (Å²) in [6.45, 7) is 8.00. The number of hydrogen-bond acceptors (Lipinski definition) is 3. The van der Waals surface area contributed by atoms with Gasteiger partial charge in [-0.1, -0.05) is 51.1 Å². The van der Waals surface area contributed by atoms with E-state index in [2.05, 4.69) is 9.97 Å². The van der Waals surface area contributed by atoms with E-state index in [4.69, 9.17) is 11.6 Å². The summed E-state index contributed by atoms with van der Waals surface area (Å²) < 4.78 is 37.1. The predicted octanol–water partition coefficient (Wildman–Crippen LogP) is 6.35. The summed E-state index contributed by atoms with van der Waals surface area (Å²) in [6.07, 6.45) is -1.41. The summed E-state index contributed by atoms with van der Waals surface area (Å²) in [5.41, 5.74) is -0.683. The second kappa shape index (κ2) is 10.5. The van der Waals surface area contributed by atoms with Gasteiger partial charge in [0.15, 0.2) is 5.15 Å². The predicted molar refractivity (Wildman–Crippen MR) is 85.3 cm³/mol. The lowest BCUT2D eigenvalue weighted by Crippen LogP contribution is -2.03.